The maximum Gasteiger partial charge on any atom is 0.306 e. The lowest BCUT2D eigenvalue weighted by Crippen LogP contribution is -2.56. The highest BCUT2D eigenvalue weighted by Crippen LogP contribution is 2.62. The van der Waals surface area contributed by atoms with Gasteiger partial charge in [-0.1, -0.05) is 13.8 Å². The molecule has 5 nitrogen and oxygen atoms in total. The van der Waals surface area contributed by atoms with Crippen molar-refractivity contribution in [2.24, 2.45) is 17.3 Å². The molecule has 4 aliphatic carbocycles. The molecule has 0 spiro atoms. The molecule has 2 unspecified atom stereocenters. The van der Waals surface area contributed by atoms with Crippen molar-refractivity contribution in [2.75, 3.05) is 6.61 Å². The molecule has 5 heteroatoms. The first-order valence-electron chi connectivity index (χ1n) is 9.53. The molecule has 0 radical (unpaired) electrons. The van der Waals surface area contributed by atoms with Crippen molar-refractivity contribution in [3.8, 4) is 0 Å². The van der Waals surface area contributed by atoms with Gasteiger partial charge in [0.25, 0.3) is 5.91 Å². The number of nitrogens with one attached hydrogen (secondary N) is 1. The third-order valence-corrected chi connectivity index (χ3v) is 6.39. The fourth-order valence-electron chi connectivity index (χ4n) is 5.87. The Morgan fingerprint density at radius 3 is 2.33 bits per heavy atom. The number of hydrogen-bond acceptors (Lipinski definition) is 4. The summed E-state index contributed by atoms with van der Waals surface area (Å²) < 4.78 is 5.23. The first-order valence-corrected chi connectivity index (χ1v) is 9.53. The summed E-state index contributed by atoms with van der Waals surface area (Å²) in [7, 11) is 0. The molecule has 0 aliphatic heterocycles. The summed E-state index contributed by atoms with van der Waals surface area (Å²) >= 11 is 0. The Morgan fingerprint density at radius 2 is 1.79 bits per heavy atom. The van der Waals surface area contributed by atoms with Crippen LogP contribution < -0.4 is 5.32 Å². The van der Waals surface area contributed by atoms with Gasteiger partial charge >= 0.3 is 5.97 Å². The molecule has 4 aliphatic rings. The molecule has 136 valence electrons. The van der Waals surface area contributed by atoms with Crippen LogP contribution in [0.25, 0.3) is 0 Å². The fraction of sp³-hybridized carbons (Fsp3) is 0.895. The Labute approximate surface area is 144 Å². The summed E-state index contributed by atoms with van der Waals surface area (Å²) in [6, 6.07) is 0.147. The van der Waals surface area contributed by atoms with E-state index in [1.807, 2.05) is 13.8 Å². The van der Waals surface area contributed by atoms with E-state index in [9.17, 15) is 14.7 Å². The molecule has 1 amide bonds. The normalized spacial score (nSPS) is 36.8. The molecule has 0 aromatic carbocycles. The molecule has 0 saturated heterocycles. The first kappa shape index (κ1) is 17.7. The number of aliphatic hydroxyl groups is 1. The van der Waals surface area contributed by atoms with Crippen molar-refractivity contribution >= 4 is 11.9 Å². The molecule has 4 atom stereocenters. The lowest BCUT2D eigenvalue weighted by Gasteiger charge is -2.60. The Bertz CT molecular complexity index is 486. The van der Waals surface area contributed by atoms with Gasteiger partial charge in [0, 0.05) is 6.04 Å². The second-order valence-corrected chi connectivity index (χ2v) is 8.60. The van der Waals surface area contributed by atoms with Crippen LogP contribution in [0.2, 0.25) is 0 Å². The second kappa shape index (κ2) is 6.66. The lowest BCUT2D eigenvalue weighted by molar-refractivity contribution is -0.177. The number of carbonyl (C=O) groups is 2. The van der Waals surface area contributed by atoms with Gasteiger partial charge in [-0.15, -0.1) is 0 Å². The van der Waals surface area contributed by atoms with Gasteiger partial charge in [0.05, 0.1) is 12.0 Å². The van der Waals surface area contributed by atoms with Crippen molar-refractivity contribution in [1.29, 1.82) is 0 Å². The van der Waals surface area contributed by atoms with Gasteiger partial charge in [-0.05, 0) is 68.6 Å². The molecule has 0 aromatic rings. The van der Waals surface area contributed by atoms with Crippen molar-refractivity contribution in [3.05, 3.63) is 0 Å². The quantitative estimate of drug-likeness (QED) is 0.700. The maximum absolute atomic E-state index is 12.3. The number of hydrogen-bond donors (Lipinski definition) is 2. The highest BCUT2D eigenvalue weighted by Gasteiger charge is 2.57. The minimum Gasteiger partial charge on any atom is -0.456 e. The van der Waals surface area contributed by atoms with Gasteiger partial charge in [-0.25, -0.2) is 0 Å². The SMILES string of the molecule is CCC(CC)NC(=O)COC(=O)CC12C[C@@H]3C[C@@H](CC(O)(C3)C1)C2. The molecule has 0 aromatic heterocycles. The van der Waals surface area contributed by atoms with E-state index >= 15 is 0 Å². The van der Waals surface area contributed by atoms with E-state index in [0.29, 0.717) is 18.3 Å². The van der Waals surface area contributed by atoms with Crippen LogP contribution in [-0.4, -0.2) is 35.2 Å². The zero-order chi connectivity index (χ0) is 17.4. The van der Waals surface area contributed by atoms with E-state index in [0.717, 1.165) is 44.9 Å². The molecule has 24 heavy (non-hydrogen) atoms. The summed E-state index contributed by atoms with van der Waals surface area (Å²) in [5, 5.41) is 13.6. The van der Waals surface area contributed by atoms with E-state index in [1.165, 1.54) is 6.42 Å². The molecule has 4 bridgehead atoms. The average Bonchev–Trinajstić information content (AvgIpc) is 2.47. The second-order valence-electron chi connectivity index (χ2n) is 8.60. The highest BCUT2D eigenvalue weighted by atomic mass is 16.5. The summed E-state index contributed by atoms with van der Waals surface area (Å²) in [6.45, 7) is 3.86. The van der Waals surface area contributed by atoms with Crippen molar-refractivity contribution in [3.63, 3.8) is 0 Å². The third kappa shape index (κ3) is 3.76. The zero-order valence-corrected chi connectivity index (χ0v) is 15.0. The predicted molar refractivity (Wildman–Crippen MR) is 90.2 cm³/mol. The number of carbonyl (C=O) groups excluding carboxylic acids is 2. The topological polar surface area (TPSA) is 75.6 Å². The maximum atomic E-state index is 12.3. The zero-order valence-electron chi connectivity index (χ0n) is 15.0. The van der Waals surface area contributed by atoms with Crippen LogP contribution >= 0.6 is 0 Å². The van der Waals surface area contributed by atoms with Crippen molar-refractivity contribution < 1.29 is 19.4 Å². The minimum atomic E-state index is -0.558. The third-order valence-electron chi connectivity index (χ3n) is 6.39. The van der Waals surface area contributed by atoms with Gasteiger partial charge in [0.15, 0.2) is 6.61 Å². The molecule has 2 N–H and O–H groups in total. The van der Waals surface area contributed by atoms with Crippen molar-refractivity contribution in [2.45, 2.75) is 83.3 Å². The van der Waals surface area contributed by atoms with Gasteiger partial charge < -0.3 is 15.2 Å². The number of esters is 1. The minimum absolute atomic E-state index is 0.0955. The van der Waals surface area contributed by atoms with Crippen LogP contribution in [0.5, 0.6) is 0 Å². The highest BCUT2D eigenvalue weighted by molar-refractivity contribution is 5.80. The number of amides is 1. The van der Waals surface area contributed by atoms with E-state index in [2.05, 4.69) is 5.32 Å². The lowest BCUT2D eigenvalue weighted by atomic mass is 9.47. The Morgan fingerprint density at radius 1 is 1.17 bits per heavy atom. The average molecular weight is 337 g/mol. The summed E-state index contributed by atoms with van der Waals surface area (Å²) in [5.41, 5.74) is -0.654. The van der Waals surface area contributed by atoms with Crippen LogP contribution in [-0.2, 0) is 14.3 Å². The molecule has 4 rings (SSSR count). The summed E-state index contributed by atoms with van der Waals surface area (Å²) in [6.07, 6.45) is 7.89. The largest absolute Gasteiger partial charge is 0.456 e. The summed E-state index contributed by atoms with van der Waals surface area (Å²) in [5.74, 6) is 0.603. The number of ether oxygens (including phenoxy) is 1. The van der Waals surface area contributed by atoms with Gasteiger partial charge in [0.1, 0.15) is 0 Å². The van der Waals surface area contributed by atoms with Crippen molar-refractivity contribution in [1.82, 2.24) is 5.32 Å². The Kier molecular flexibility index (Phi) is 4.92. The monoisotopic (exact) mass is 337 g/mol. The van der Waals surface area contributed by atoms with Gasteiger partial charge in [0.2, 0.25) is 0 Å². The van der Waals surface area contributed by atoms with E-state index in [-0.39, 0.29) is 29.9 Å². The van der Waals surface area contributed by atoms with Crippen LogP contribution in [0.15, 0.2) is 0 Å². The first-order chi connectivity index (χ1) is 11.4. The smallest absolute Gasteiger partial charge is 0.306 e. The van der Waals surface area contributed by atoms with Crippen LogP contribution in [0, 0.1) is 17.3 Å². The fourth-order valence-corrected chi connectivity index (χ4v) is 5.87. The number of rotatable bonds is 7. The summed E-state index contributed by atoms with van der Waals surface area (Å²) in [4.78, 5) is 24.1. The van der Waals surface area contributed by atoms with E-state index < -0.39 is 5.60 Å². The molecule has 4 fully saturated rings. The Balaban J connectivity index is 1.49. The molecule has 0 heterocycles. The van der Waals surface area contributed by atoms with E-state index in [4.69, 9.17) is 4.74 Å². The van der Waals surface area contributed by atoms with Gasteiger partial charge in [-0.3, -0.25) is 9.59 Å². The van der Waals surface area contributed by atoms with E-state index in [1.54, 1.807) is 0 Å². The molecule has 4 saturated carbocycles. The molecular formula is C19H31NO4. The standard InChI is InChI=1S/C19H31NO4/c1-3-15(4-2)20-16(21)11-24-17(22)10-18-6-13-5-14(7-18)9-19(23,8-13)12-18/h13-15,23H,3-12H2,1-2H3,(H,20,21)/t13-,14+,18?,19?. The van der Waals surface area contributed by atoms with Gasteiger partial charge in [-0.2, -0.15) is 0 Å². The molecular weight excluding hydrogens is 306 g/mol. The Hall–Kier alpha value is -1.10. The van der Waals surface area contributed by atoms with Crippen LogP contribution in [0.1, 0.15) is 71.6 Å². The predicted octanol–water partition coefficient (Wildman–Crippen LogP) is 2.56. The van der Waals surface area contributed by atoms with Crippen LogP contribution in [0.3, 0.4) is 0 Å². The van der Waals surface area contributed by atoms with Crippen LogP contribution in [0.4, 0.5) is 0 Å².